The van der Waals surface area contributed by atoms with Gasteiger partial charge in [0, 0.05) is 43.7 Å². The number of imidazole rings is 1. The van der Waals surface area contributed by atoms with Crippen LogP contribution in [-0.4, -0.2) is 55.4 Å². The number of aliphatic hydroxyl groups is 1. The molecule has 4 rings (SSSR count). The summed E-state index contributed by atoms with van der Waals surface area (Å²) in [6.45, 7) is 1.18. The first-order valence-electron chi connectivity index (χ1n) is 9.84. The smallest absolute Gasteiger partial charge is 0.233 e. The highest BCUT2D eigenvalue weighted by Crippen LogP contribution is 2.35. The summed E-state index contributed by atoms with van der Waals surface area (Å²) >= 11 is 1.39. The molecule has 0 spiro atoms. The van der Waals surface area contributed by atoms with Crippen LogP contribution < -0.4 is 0 Å². The Kier molecular flexibility index (Phi) is 6.15. The van der Waals surface area contributed by atoms with Gasteiger partial charge in [-0.05, 0) is 49.2 Å². The molecule has 156 valence electrons. The number of hydrogen-bond acceptors (Lipinski definition) is 5. The number of halogens is 1. The van der Waals surface area contributed by atoms with Crippen LogP contribution in [-0.2, 0) is 11.8 Å². The molecule has 0 bridgehead atoms. The minimum Gasteiger partial charge on any atom is -0.393 e. The number of piperidine rings is 1. The highest BCUT2D eigenvalue weighted by atomic mass is 32.2. The van der Waals surface area contributed by atoms with Crippen LogP contribution in [0.1, 0.15) is 12.8 Å². The van der Waals surface area contributed by atoms with Gasteiger partial charge in [0.25, 0.3) is 0 Å². The van der Waals surface area contributed by atoms with Gasteiger partial charge in [0.1, 0.15) is 5.82 Å². The number of likely N-dealkylation sites (tertiary alicyclic amines) is 1. The van der Waals surface area contributed by atoms with Gasteiger partial charge in [-0.2, -0.15) is 0 Å². The van der Waals surface area contributed by atoms with E-state index >= 15 is 0 Å². The Balaban J connectivity index is 1.61. The summed E-state index contributed by atoms with van der Waals surface area (Å²) in [6.07, 6.45) is 4.38. The number of amides is 1. The molecule has 0 saturated carbocycles. The van der Waals surface area contributed by atoms with Crippen LogP contribution >= 0.6 is 11.8 Å². The van der Waals surface area contributed by atoms with Gasteiger partial charge in [-0.3, -0.25) is 9.78 Å². The van der Waals surface area contributed by atoms with Crippen molar-refractivity contribution < 1.29 is 14.3 Å². The topological polar surface area (TPSA) is 71.2 Å². The third kappa shape index (κ3) is 4.39. The van der Waals surface area contributed by atoms with Crippen LogP contribution in [0.15, 0.2) is 53.9 Å². The maximum atomic E-state index is 13.4. The lowest BCUT2D eigenvalue weighted by Crippen LogP contribution is -2.40. The number of pyridine rings is 1. The summed E-state index contributed by atoms with van der Waals surface area (Å²) in [7, 11) is 1.92. The van der Waals surface area contributed by atoms with Gasteiger partial charge in [0.05, 0.1) is 23.2 Å². The quantitative estimate of drug-likeness (QED) is 0.634. The van der Waals surface area contributed by atoms with Crippen molar-refractivity contribution in [3.8, 4) is 22.5 Å². The Hall–Kier alpha value is -2.71. The average molecular weight is 427 g/mol. The zero-order valence-electron chi connectivity index (χ0n) is 16.7. The highest BCUT2D eigenvalue weighted by molar-refractivity contribution is 7.99. The van der Waals surface area contributed by atoms with Gasteiger partial charge >= 0.3 is 0 Å². The SMILES string of the molecule is Cn1c(SCC(=O)N2CCC(O)CC2)nc(-c2ccc(F)cc2)c1-c1ccncc1. The maximum absolute atomic E-state index is 13.4. The first-order valence-corrected chi connectivity index (χ1v) is 10.8. The van der Waals surface area contributed by atoms with E-state index in [9.17, 15) is 14.3 Å². The van der Waals surface area contributed by atoms with Crippen molar-refractivity contribution in [3.63, 3.8) is 0 Å². The zero-order valence-corrected chi connectivity index (χ0v) is 17.5. The predicted molar refractivity (Wildman–Crippen MR) is 114 cm³/mol. The van der Waals surface area contributed by atoms with E-state index in [4.69, 9.17) is 4.98 Å². The fourth-order valence-corrected chi connectivity index (χ4v) is 4.47. The van der Waals surface area contributed by atoms with Crippen molar-refractivity contribution in [2.24, 2.45) is 7.05 Å². The van der Waals surface area contributed by atoms with E-state index in [1.807, 2.05) is 23.7 Å². The van der Waals surface area contributed by atoms with Crippen LogP contribution in [0, 0.1) is 5.82 Å². The molecule has 0 unspecified atom stereocenters. The molecule has 0 radical (unpaired) electrons. The number of hydrogen-bond donors (Lipinski definition) is 1. The van der Waals surface area contributed by atoms with Crippen molar-refractivity contribution in [2.45, 2.75) is 24.1 Å². The number of aliphatic hydroxyl groups excluding tert-OH is 1. The van der Waals surface area contributed by atoms with E-state index in [-0.39, 0.29) is 23.6 Å². The first-order chi connectivity index (χ1) is 14.5. The maximum Gasteiger partial charge on any atom is 0.233 e. The summed E-state index contributed by atoms with van der Waals surface area (Å²) in [5, 5.41) is 10.3. The largest absolute Gasteiger partial charge is 0.393 e. The average Bonchev–Trinajstić information content (AvgIpc) is 3.10. The predicted octanol–water partition coefficient (Wildman–Crippen LogP) is 3.36. The van der Waals surface area contributed by atoms with Gasteiger partial charge in [0.15, 0.2) is 5.16 Å². The van der Waals surface area contributed by atoms with Gasteiger partial charge < -0.3 is 14.6 Å². The third-order valence-corrected chi connectivity index (χ3v) is 6.28. The number of benzene rings is 1. The summed E-state index contributed by atoms with van der Waals surface area (Å²) in [5.74, 6) is 0.0234. The molecule has 3 heterocycles. The van der Waals surface area contributed by atoms with Gasteiger partial charge in [0.2, 0.25) is 5.91 Å². The molecule has 2 aromatic heterocycles. The Morgan fingerprint density at radius 3 is 2.47 bits per heavy atom. The Labute approximate surface area is 178 Å². The van der Waals surface area contributed by atoms with Crippen molar-refractivity contribution >= 4 is 17.7 Å². The number of carbonyl (C=O) groups excluding carboxylic acids is 1. The first kappa shape index (κ1) is 20.6. The van der Waals surface area contributed by atoms with E-state index in [2.05, 4.69) is 4.98 Å². The standard InChI is InChI=1S/C22H23FN4O2S/c1-26-21(16-6-10-24-11-7-16)20(15-2-4-17(23)5-3-15)25-22(26)30-14-19(29)27-12-8-18(28)9-13-27/h2-7,10-11,18,28H,8-9,12-14H2,1H3. The third-order valence-electron chi connectivity index (χ3n) is 5.27. The molecule has 30 heavy (non-hydrogen) atoms. The second kappa shape index (κ2) is 8.97. The molecule has 8 heteroatoms. The van der Waals surface area contributed by atoms with Crippen molar-refractivity contribution in [1.82, 2.24) is 19.4 Å². The van der Waals surface area contributed by atoms with E-state index in [0.29, 0.717) is 31.1 Å². The second-order valence-corrected chi connectivity index (χ2v) is 8.24. The number of aromatic nitrogens is 3. The second-order valence-electron chi connectivity index (χ2n) is 7.29. The Morgan fingerprint density at radius 2 is 1.80 bits per heavy atom. The van der Waals surface area contributed by atoms with Crippen molar-refractivity contribution in [2.75, 3.05) is 18.8 Å². The lowest BCUT2D eigenvalue weighted by molar-refractivity contribution is -0.130. The number of carbonyl (C=O) groups is 1. The number of nitrogens with zero attached hydrogens (tertiary/aromatic N) is 4. The lowest BCUT2D eigenvalue weighted by atomic mass is 10.1. The van der Waals surface area contributed by atoms with Gasteiger partial charge in [-0.1, -0.05) is 11.8 Å². The lowest BCUT2D eigenvalue weighted by Gasteiger charge is -2.29. The molecule has 1 saturated heterocycles. The zero-order chi connectivity index (χ0) is 21.1. The van der Waals surface area contributed by atoms with Crippen LogP contribution in [0.5, 0.6) is 0 Å². The van der Waals surface area contributed by atoms with E-state index in [1.54, 1.807) is 29.4 Å². The molecule has 1 amide bonds. The molecule has 1 aromatic carbocycles. The van der Waals surface area contributed by atoms with Crippen LogP contribution in [0.25, 0.3) is 22.5 Å². The van der Waals surface area contributed by atoms with Gasteiger partial charge in [-0.25, -0.2) is 9.37 Å². The molecule has 1 aliphatic heterocycles. The molecule has 1 fully saturated rings. The van der Waals surface area contributed by atoms with E-state index in [1.165, 1.54) is 23.9 Å². The molecular weight excluding hydrogens is 403 g/mol. The summed E-state index contributed by atoms with van der Waals surface area (Å²) in [6, 6.07) is 10.1. The fourth-order valence-electron chi connectivity index (χ4n) is 3.59. The fraction of sp³-hybridized carbons (Fsp3) is 0.318. The Bertz CT molecular complexity index is 1020. The minimum absolute atomic E-state index is 0.0451. The molecule has 0 atom stereocenters. The summed E-state index contributed by atoms with van der Waals surface area (Å²) < 4.78 is 15.4. The van der Waals surface area contributed by atoms with Crippen LogP contribution in [0.4, 0.5) is 4.39 Å². The van der Waals surface area contributed by atoms with Gasteiger partial charge in [-0.15, -0.1) is 0 Å². The number of thioether (sulfide) groups is 1. The molecular formula is C22H23FN4O2S. The summed E-state index contributed by atoms with van der Waals surface area (Å²) in [4.78, 5) is 23.3. The normalized spacial score (nSPS) is 14.8. The van der Waals surface area contributed by atoms with Crippen LogP contribution in [0.3, 0.4) is 0 Å². The molecule has 3 aromatic rings. The van der Waals surface area contributed by atoms with E-state index < -0.39 is 0 Å². The molecule has 0 aliphatic carbocycles. The van der Waals surface area contributed by atoms with Crippen LogP contribution in [0.2, 0.25) is 0 Å². The minimum atomic E-state index is -0.308. The van der Waals surface area contributed by atoms with Crippen molar-refractivity contribution in [3.05, 3.63) is 54.6 Å². The highest BCUT2D eigenvalue weighted by Gasteiger charge is 2.23. The summed E-state index contributed by atoms with van der Waals surface area (Å²) in [5.41, 5.74) is 3.38. The van der Waals surface area contributed by atoms with Crippen molar-refractivity contribution in [1.29, 1.82) is 0 Å². The molecule has 1 aliphatic rings. The van der Waals surface area contributed by atoms with E-state index in [0.717, 1.165) is 22.5 Å². The molecule has 1 N–H and O–H groups in total. The molecule has 6 nitrogen and oxygen atoms in total. The Morgan fingerprint density at radius 1 is 1.13 bits per heavy atom. The monoisotopic (exact) mass is 426 g/mol. The number of rotatable bonds is 5.